The van der Waals surface area contributed by atoms with Crippen molar-refractivity contribution in [3.05, 3.63) is 0 Å². The fourth-order valence-corrected chi connectivity index (χ4v) is 4.40. The van der Waals surface area contributed by atoms with Gasteiger partial charge in [0, 0.05) is 0 Å². The van der Waals surface area contributed by atoms with Crippen LogP contribution in [-0.4, -0.2) is 26.4 Å². The second-order valence-electron chi connectivity index (χ2n) is 8.68. The highest BCUT2D eigenvalue weighted by molar-refractivity contribution is 4.80. The first-order valence-electron chi connectivity index (χ1n) is 12.3. The maximum Gasteiger partial charge on any atom is 0.0822 e. The number of hydrogen-bond acceptors (Lipinski definition) is 4. The second kappa shape index (κ2) is 18.8. The minimum atomic E-state index is 0.446. The summed E-state index contributed by atoms with van der Waals surface area (Å²) in [5, 5.41) is 0. The Morgan fingerprint density at radius 3 is 1.25 bits per heavy atom. The largest absolute Gasteiger partial charge is 0.237 e. The highest BCUT2D eigenvalue weighted by Crippen LogP contribution is 2.41. The molecular weight excluding hydrogens is 352 g/mol. The summed E-state index contributed by atoms with van der Waals surface area (Å²) in [5.41, 5.74) is 0.446. The van der Waals surface area contributed by atoms with E-state index in [4.69, 9.17) is 19.6 Å². The molecule has 1 fully saturated rings. The average Bonchev–Trinajstić information content (AvgIpc) is 2.70. The summed E-state index contributed by atoms with van der Waals surface area (Å²) >= 11 is 0. The summed E-state index contributed by atoms with van der Waals surface area (Å²) in [4.78, 5) is 21.2. The van der Waals surface area contributed by atoms with Crippen molar-refractivity contribution in [2.75, 3.05) is 26.4 Å². The van der Waals surface area contributed by atoms with Crippen LogP contribution in [0.15, 0.2) is 0 Å². The van der Waals surface area contributed by atoms with Gasteiger partial charge in [0.1, 0.15) is 0 Å². The van der Waals surface area contributed by atoms with Gasteiger partial charge in [-0.2, -0.15) is 0 Å². The third kappa shape index (κ3) is 13.9. The zero-order valence-electron chi connectivity index (χ0n) is 19.0. The molecule has 0 radical (unpaired) electrons. The number of hydrogen-bond donors (Lipinski definition) is 0. The van der Waals surface area contributed by atoms with E-state index in [9.17, 15) is 0 Å². The van der Waals surface area contributed by atoms with Gasteiger partial charge in [0.25, 0.3) is 0 Å². The van der Waals surface area contributed by atoms with Crippen LogP contribution in [0.5, 0.6) is 0 Å². The van der Waals surface area contributed by atoms with Crippen LogP contribution < -0.4 is 0 Å². The third-order valence-corrected chi connectivity index (χ3v) is 6.03. The van der Waals surface area contributed by atoms with Crippen LogP contribution in [0.25, 0.3) is 0 Å². The SMILES string of the molecule is CCCOOCCCC1(CCCOOCCC)CCCCCCCCCCC1. The molecule has 4 nitrogen and oxygen atoms in total. The Balaban J connectivity index is 2.49. The monoisotopic (exact) mass is 400 g/mol. The van der Waals surface area contributed by atoms with Gasteiger partial charge in [-0.05, 0) is 56.8 Å². The lowest BCUT2D eigenvalue weighted by Crippen LogP contribution is -2.23. The summed E-state index contributed by atoms with van der Waals surface area (Å²) in [6, 6.07) is 0. The molecule has 0 spiro atoms. The zero-order valence-corrected chi connectivity index (χ0v) is 19.0. The highest BCUT2D eigenvalue weighted by atomic mass is 17.2. The lowest BCUT2D eigenvalue weighted by molar-refractivity contribution is -0.296. The summed E-state index contributed by atoms with van der Waals surface area (Å²) in [6.07, 6.45) is 22.1. The second-order valence-corrected chi connectivity index (χ2v) is 8.68. The van der Waals surface area contributed by atoms with Crippen LogP contribution in [-0.2, 0) is 19.6 Å². The van der Waals surface area contributed by atoms with Gasteiger partial charge in [-0.25, -0.2) is 19.6 Å². The Hall–Kier alpha value is -0.160. The van der Waals surface area contributed by atoms with E-state index >= 15 is 0 Å². The molecule has 0 aliphatic heterocycles. The quantitative estimate of drug-likeness (QED) is 0.171. The van der Waals surface area contributed by atoms with Gasteiger partial charge in [-0.1, -0.05) is 71.6 Å². The molecule has 1 aliphatic carbocycles. The van der Waals surface area contributed by atoms with E-state index in [-0.39, 0.29) is 0 Å². The van der Waals surface area contributed by atoms with E-state index in [2.05, 4.69) is 13.8 Å². The van der Waals surface area contributed by atoms with E-state index in [1.165, 1.54) is 83.5 Å². The van der Waals surface area contributed by atoms with E-state index in [0.717, 1.165) is 38.9 Å². The Kier molecular flexibility index (Phi) is 17.4. The first-order chi connectivity index (χ1) is 13.8. The van der Waals surface area contributed by atoms with Crippen LogP contribution in [0.2, 0.25) is 0 Å². The molecule has 28 heavy (non-hydrogen) atoms. The van der Waals surface area contributed by atoms with Crippen LogP contribution in [0.1, 0.15) is 123 Å². The van der Waals surface area contributed by atoms with Crippen molar-refractivity contribution in [3.8, 4) is 0 Å². The third-order valence-electron chi connectivity index (χ3n) is 6.03. The molecular formula is C24H48O4. The summed E-state index contributed by atoms with van der Waals surface area (Å²) in [6.45, 7) is 7.04. The first kappa shape index (κ1) is 25.9. The highest BCUT2D eigenvalue weighted by Gasteiger charge is 2.28. The summed E-state index contributed by atoms with van der Waals surface area (Å²) in [7, 11) is 0. The van der Waals surface area contributed by atoms with E-state index in [1.54, 1.807) is 0 Å². The molecule has 0 aromatic rings. The maximum atomic E-state index is 5.37. The summed E-state index contributed by atoms with van der Waals surface area (Å²) < 4.78 is 0. The molecule has 0 aromatic carbocycles. The molecule has 0 N–H and O–H groups in total. The lowest BCUT2D eigenvalue weighted by Gasteiger charge is -2.35. The van der Waals surface area contributed by atoms with Crippen LogP contribution in [0.3, 0.4) is 0 Å². The molecule has 168 valence electrons. The van der Waals surface area contributed by atoms with Gasteiger partial charge in [0.05, 0.1) is 26.4 Å². The Labute approximate surface area is 174 Å². The zero-order chi connectivity index (χ0) is 20.2. The van der Waals surface area contributed by atoms with Gasteiger partial charge in [0.2, 0.25) is 0 Å². The van der Waals surface area contributed by atoms with Gasteiger partial charge in [-0.15, -0.1) is 0 Å². The van der Waals surface area contributed by atoms with Crippen molar-refractivity contribution in [3.63, 3.8) is 0 Å². The fourth-order valence-electron chi connectivity index (χ4n) is 4.40. The molecule has 4 heteroatoms. The smallest absolute Gasteiger partial charge is 0.0822 e. The van der Waals surface area contributed by atoms with Gasteiger partial charge >= 0.3 is 0 Å². The van der Waals surface area contributed by atoms with Crippen LogP contribution in [0, 0.1) is 5.41 Å². The molecule has 1 aliphatic rings. The molecule has 0 atom stereocenters. The molecule has 0 unspecified atom stereocenters. The van der Waals surface area contributed by atoms with Crippen molar-refractivity contribution >= 4 is 0 Å². The minimum absolute atomic E-state index is 0.446. The Bertz CT molecular complexity index is 292. The van der Waals surface area contributed by atoms with Gasteiger partial charge < -0.3 is 0 Å². The fraction of sp³-hybridized carbons (Fsp3) is 1.00. The normalized spacial score (nSPS) is 19.1. The van der Waals surface area contributed by atoms with Gasteiger partial charge in [-0.3, -0.25) is 0 Å². The molecule has 0 amide bonds. The first-order valence-corrected chi connectivity index (χ1v) is 12.3. The molecule has 1 rings (SSSR count). The lowest BCUT2D eigenvalue weighted by atomic mass is 9.71. The van der Waals surface area contributed by atoms with Crippen molar-refractivity contribution in [2.24, 2.45) is 5.41 Å². The standard InChI is InChI=1S/C24H48O4/c1-3-20-25-27-22-14-18-24(19-15-23-28-26-21-4-2)16-12-10-8-6-5-7-9-11-13-17-24/h3-23H2,1-2H3. The van der Waals surface area contributed by atoms with E-state index in [0.29, 0.717) is 18.6 Å². The Morgan fingerprint density at radius 2 is 0.857 bits per heavy atom. The van der Waals surface area contributed by atoms with Crippen LogP contribution in [0.4, 0.5) is 0 Å². The van der Waals surface area contributed by atoms with Gasteiger partial charge in [0.15, 0.2) is 0 Å². The predicted molar refractivity (Wildman–Crippen MR) is 116 cm³/mol. The van der Waals surface area contributed by atoms with Crippen molar-refractivity contribution in [1.29, 1.82) is 0 Å². The van der Waals surface area contributed by atoms with E-state index < -0.39 is 0 Å². The van der Waals surface area contributed by atoms with E-state index in [1.807, 2.05) is 0 Å². The maximum absolute atomic E-state index is 5.37. The van der Waals surface area contributed by atoms with Crippen molar-refractivity contribution in [2.45, 2.75) is 123 Å². The average molecular weight is 401 g/mol. The summed E-state index contributed by atoms with van der Waals surface area (Å²) in [5.74, 6) is 0. The molecule has 0 bridgehead atoms. The molecule has 0 saturated heterocycles. The predicted octanol–water partition coefficient (Wildman–Crippen LogP) is 7.55. The number of rotatable bonds is 14. The minimum Gasteiger partial charge on any atom is -0.237 e. The Morgan fingerprint density at radius 1 is 0.500 bits per heavy atom. The topological polar surface area (TPSA) is 36.9 Å². The molecule has 0 aromatic heterocycles. The molecule has 0 heterocycles. The molecule has 1 saturated carbocycles. The van der Waals surface area contributed by atoms with Crippen molar-refractivity contribution < 1.29 is 19.6 Å². The van der Waals surface area contributed by atoms with Crippen LogP contribution >= 0.6 is 0 Å². The van der Waals surface area contributed by atoms with Crippen molar-refractivity contribution in [1.82, 2.24) is 0 Å².